The van der Waals surface area contributed by atoms with E-state index in [2.05, 4.69) is 53.0 Å². The van der Waals surface area contributed by atoms with Crippen LogP contribution in [0.1, 0.15) is 42.5 Å². The van der Waals surface area contributed by atoms with Gasteiger partial charge >= 0.3 is 0 Å². The van der Waals surface area contributed by atoms with Crippen LogP contribution in [0.5, 0.6) is 0 Å². The van der Waals surface area contributed by atoms with Crippen molar-refractivity contribution in [1.29, 1.82) is 0 Å². The summed E-state index contributed by atoms with van der Waals surface area (Å²) in [7, 11) is 0. The van der Waals surface area contributed by atoms with Crippen LogP contribution in [0.3, 0.4) is 0 Å². The first-order valence-corrected chi connectivity index (χ1v) is 8.92. The standard InChI is InChI=1S/C19H26N4/c1-3-22-12-6-8-15(13-22)18-16-10-11-20-19(16)23(21-18)17-9-5-4-7-14(17)2/h4-5,7,9,15,20H,3,6,8,10-13H2,1-2H3. The molecule has 0 amide bonds. The highest BCUT2D eigenvalue weighted by Crippen LogP contribution is 2.36. The fourth-order valence-corrected chi connectivity index (χ4v) is 4.07. The number of benzene rings is 1. The van der Waals surface area contributed by atoms with Gasteiger partial charge in [0, 0.05) is 24.6 Å². The fourth-order valence-electron chi connectivity index (χ4n) is 4.07. The average Bonchev–Trinajstić information content (AvgIpc) is 3.18. The fraction of sp³-hybridized carbons (Fsp3) is 0.526. The summed E-state index contributed by atoms with van der Waals surface area (Å²) in [4.78, 5) is 2.57. The van der Waals surface area contributed by atoms with E-state index in [0.717, 1.165) is 26.1 Å². The van der Waals surface area contributed by atoms with Crippen molar-refractivity contribution in [3.05, 3.63) is 41.1 Å². The number of para-hydroxylation sites is 1. The van der Waals surface area contributed by atoms with Gasteiger partial charge in [-0.1, -0.05) is 25.1 Å². The van der Waals surface area contributed by atoms with Gasteiger partial charge in [0.1, 0.15) is 5.82 Å². The Bertz CT molecular complexity index is 703. The van der Waals surface area contributed by atoms with Gasteiger partial charge in [0.2, 0.25) is 0 Å². The Morgan fingerprint density at radius 1 is 1.30 bits per heavy atom. The predicted molar refractivity (Wildman–Crippen MR) is 94.6 cm³/mol. The number of hydrogen-bond acceptors (Lipinski definition) is 3. The lowest BCUT2D eigenvalue weighted by Gasteiger charge is -2.31. The average molecular weight is 310 g/mol. The zero-order valence-corrected chi connectivity index (χ0v) is 14.2. The van der Waals surface area contributed by atoms with Crippen molar-refractivity contribution in [2.24, 2.45) is 0 Å². The molecule has 1 aromatic heterocycles. The summed E-state index contributed by atoms with van der Waals surface area (Å²) >= 11 is 0. The van der Waals surface area contributed by atoms with Crippen LogP contribution in [-0.4, -0.2) is 40.9 Å². The maximum atomic E-state index is 5.08. The molecule has 0 saturated carbocycles. The number of hydrogen-bond donors (Lipinski definition) is 1. The van der Waals surface area contributed by atoms with Gasteiger partial charge in [-0.3, -0.25) is 0 Å². The van der Waals surface area contributed by atoms with Crippen molar-refractivity contribution in [2.45, 2.75) is 39.0 Å². The number of piperidine rings is 1. The van der Waals surface area contributed by atoms with E-state index in [1.807, 2.05) is 0 Å². The summed E-state index contributed by atoms with van der Waals surface area (Å²) in [6.07, 6.45) is 3.67. The number of nitrogens with one attached hydrogen (secondary N) is 1. The summed E-state index contributed by atoms with van der Waals surface area (Å²) < 4.78 is 2.15. The van der Waals surface area contributed by atoms with Crippen LogP contribution >= 0.6 is 0 Å². The number of rotatable bonds is 3. The van der Waals surface area contributed by atoms with Crippen LogP contribution < -0.4 is 5.32 Å². The molecular weight excluding hydrogens is 284 g/mol. The minimum atomic E-state index is 0.586. The Balaban J connectivity index is 1.75. The Labute approximate surface area is 138 Å². The Hall–Kier alpha value is -1.81. The highest BCUT2D eigenvalue weighted by atomic mass is 15.3. The van der Waals surface area contributed by atoms with Gasteiger partial charge in [-0.15, -0.1) is 0 Å². The van der Waals surface area contributed by atoms with E-state index in [9.17, 15) is 0 Å². The smallest absolute Gasteiger partial charge is 0.133 e. The predicted octanol–water partition coefficient (Wildman–Crippen LogP) is 3.35. The lowest BCUT2D eigenvalue weighted by Crippen LogP contribution is -2.34. The number of aromatic nitrogens is 2. The van der Waals surface area contributed by atoms with Crippen LogP contribution in [-0.2, 0) is 6.42 Å². The van der Waals surface area contributed by atoms with Gasteiger partial charge in [-0.05, 0) is 50.9 Å². The lowest BCUT2D eigenvalue weighted by molar-refractivity contribution is 0.215. The molecule has 1 fully saturated rings. The molecule has 23 heavy (non-hydrogen) atoms. The molecule has 122 valence electrons. The first-order valence-electron chi connectivity index (χ1n) is 8.92. The molecule has 4 rings (SSSR count). The highest BCUT2D eigenvalue weighted by Gasteiger charge is 2.30. The molecule has 0 bridgehead atoms. The van der Waals surface area contributed by atoms with Crippen molar-refractivity contribution in [3.63, 3.8) is 0 Å². The third-order valence-corrected chi connectivity index (χ3v) is 5.37. The molecule has 0 aliphatic carbocycles. The second-order valence-corrected chi connectivity index (χ2v) is 6.82. The van der Waals surface area contributed by atoms with Crippen molar-refractivity contribution in [2.75, 3.05) is 31.5 Å². The third kappa shape index (κ3) is 2.55. The number of anilines is 1. The van der Waals surface area contributed by atoms with E-state index in [0.29, 0.717) is 5.92 Å². The van der Waals surface area contributed by atoms with Crippen LogP contribution in [0.25, 0.3) is 5.69 Å². The normalized spacial score (nSPS) is 21.2. The van der Waals surface area contributed by atoms with E-state index >= 15 is 0 Å². The Morgan fingerprint density at radius 3 is 3.00 bits per heavy atom. The first kappa shape index (κ1) is 14.8. The van der Waals surface area contributed by atoms with Gasteiger partial charge in [-0.25, -0.2) is 4.68 Å². The monoisotopic (exact) mass is 310 g/mol. The summed E-state index contributed by atoms with van der Waals surface area (Å²) in [5.41, 5.74) is 5.27. The Morgan fingerprint density at radius 2 is 2.17 bits per heavy atom. The summed E-state index contributed by atoms with van der Waals surface area (Å²) in [6.45, 7) is 9.02. The molecule has 1 aromatic carbocycles. The molecule has 4 heteroatoms. The first-order chi connectivity index (χ1) is 11.3. The second kappa shape index (κ2) is 6.00. The van der Waals surface area contributed by atoms with Crippen LogP contribution in [0.15, 0.2) is 24.3 Å². The summed E-state index contributed by atoms with van der Waals surface area (Å²) in [5, 5.41) is 8.65. The molecule has 1 unspecified atom stereocenters. The number of nitrogens with zero attached hydrogens (tertiary/aromatic N) is 3. The van der Waals surface area contributed by atoms with Crippen molar-refractivity contribution < 1.29 is 0 Å². The molecule has 4 nitrogen and oxygen atoms in total. The van der Waals surface area contributed by atoms with Crippen molar-refractivity contribution in [1.82, 2.24) is 14.7 Å². The summed E-state index contributed by atoms with van der Waals surface area (Å²) in [5.74, 6) is 1.81. The zero-order chi connectivity index (χ0) is 15.8. The number of likely N-dealkylation sites (tertiary alicyclic amines) is 1. The SMILES string of the molecule is CCN1CCCC(c2nn(-c3ccccc3C)c3c2CCN3)C1. The van der Waals surface area contributed by atoms with E-state index in [1.54, 1.807) is 0 Å². The highest BCUT2D eigenvalue weighted by molar-refractivity contribution is 5.59. The molecule has 2 aliphatic heterocycles. The molecular formula is C19H26N4. The van der Waals surface area contributed by atoms with Crippen LogP contribution in [0, 0.1) is 6.92 Å². The zero-order valence-electron chi connectivity index (χ0n) is 14.2. The molecule has 0 radical (unpaired) electrons. The van der Waals surface area contributed by atoms with E-state index < -0.39 is 0 Å². The van der Waals surface area contributed by atoms with Crippen molar-refractivity contribution >= 4 is 5.82 Å². The third-order valence-electron chi connectivity index (χ3n) is 5.37. The maximum Gasteiger partial charge on any atom is 0.133 e. The number of likely N-dealkylation sites (N-methyl/N-ethyl adjacent to an activating group) is 1. The topological polar surface area (TPSA) is 33.1 Å². The van der Waals surface area contributed by atoms with Gasteiger partial charge in [0.05, 0.1) is 11.4 Å². The van der Waals surface area contributed by atoms with Gasteiger partial charge in [-0.2, -0.15) is 5.10 Å². The van der Waals surface area contributed by atoms with Gasteiger partial charge in [0.25, 0.3) is 0 Å². The van der Waals surface area contributed by atoms with Crippen LogP contribution in [0.4, 0.5) is 5.82 Å². The molecule has 1 N–H and O–H groups in total. The van der Waals surface area contributed by atoms with Crippen LogP contribution in [0.2, 0.25) is 0 Å². The number of aryl methyl sites for hydroxylation is 1. The molecule has 2 aromatic rings. The molecule has 0 spiro atoms. The van der Waals surface area contributed by atoms with E-state index in [4.69, 9.17) is 5.10 Å². The second-order valence-electron chi connectivity index (χ2n) is 6.82. The van der Waals surface area contributed by atoms with Gasteiger partial charge < -0.3 is 10.2 Å². The van der Waals surface area contributed by atoms with Crippen molar-refractivity contribution in [3.8, 4) is 5.69 Å². The Kier molecular flexibility index (Phi) is 3.85. The van der Waals surface area contributed by atoms with Gasteiger partial charge in [0.15, 0.2) is 0 Å². The minimum absolute atomic E-state index is 0.586. The van der Waals surface area contributed by atoms with E-state index in [-0.39, 0.29) is 0 Å². The molecule has 1 atom stereocenters. The minimum Gasteiger partial charge on any atom is -0.369 e. The lowest BCUT2D eigenvalue weighted by atomic mass is 9.92. The van der Waals surface area contributed by atoms with E-state index in [1.165, 1.54) is 47.7 Å². The molecule has 2 aliphatic rings. The molecule has 3 heterocycles. The maximum absolute atomic E-state index is 5.08. The largest absolute Gasteiger partial charge is 0.369 e. The summed E-state index contributed by atoms with van der Waals surface area (Å²) in [6, 6.07) is 8.53. The quantitative estimate of drug-likeness (QED) is 0.944. The molecule has 1 saturated heterocycles. The number of fused-ring (bicyclic) bond motifs is 1.